The average molecular weight is 498 g/mol. The number of ether oxygens (including phenoxy) is 1. The third-order valence-corrected chi connectivity index (χ3v) is 9.54. The minimum absolute atomic E-state index is 0.194. The van der Waals surface area contributed by atoms with Crippen LogP contribution < -0.4 is 11.5 Å². The Kier molecular flexibility index (Phi) is 4.82. The molecule has 2 heterocycles. The van der Waals surface area contributed by atoms with Crippen LogP contribution in [0.1, 0.15) is 50.5 Å². The molecule has 5 N–H and O–H groups in total. The maximum atomic E-state index is 13.6. The van der Waals surface area contributed by atoms with Gasteiger partial charge in [0.2, 0.25) is 5.91 Å². The number of amides is 1. The number of nitrogens with one attached hydrogen (secondary N) is 1. The van der Waals surface area contributed by atoms with Crippen molar-refractivity contribution in [3.05, 3.63) is 53.0 Å². The number of hydrogen-bond donors (Lipinski definition) is 3. The number of esters is 1. The lowest BCUT2D eigenvalue weighted by Crippen LogP contribution is -2.65. The number of para-hydroxylation sites is 1. The predicted molar refractivity (Wildman–Crippen MR) is 135 cm³/mol. The van der Waals surface area contributed by atoms with Gasteiger partial charge < -0.3 is 21.2 Å². The number of rotatable bonds is 6. The summed E-state index contributed by atoms with van der Waals surface area (Å²) in [6.45, 7) is 0. The summed E-state index contributed by atoms with van der Waals surface area (Å²) < 4.78 is 6.30. The Hall–Kier alpha value is -3.37. The molecule has 5 atom stereocenters. The number of nitrogens with two attached hydrogens (primary N) is 2. The highest BCUT2D eigenvalue weighted by atomic mass is 16.6. The van der Waals surface area contributed by atoms with E-state index in [4.69, 9.17) is 16.2 Å². The molecule has 5 fully saturated rings. The van der Waals surface area contributed by atoms with Crippen LogP contribution in [0.25, 0.3) is 10.9 Å². The Bertz CT molecular complexity index is 1430. The summed E-state index contributed by atoms with van der Waals surface area (Å²) in [7, 11) is 0. The van der Waals surface area contributed by atoms with Gasteiger partial charge in [0.05, 0.1) is 17.8 Å². The third kappa shape index (κ3) is 3.49. The first-order valence-corrected chi connectivity index (χ1v) is 13.3. The second kappa shape index (κ2) is 7.82. The highest BCUT2D eigenvalue weighted by molar-refractivity contribution is 5.88. The van der Waals surface area contributed by atoms with Crippen LogP contribution >= 0.6 is 0 Å². The van der Waals surface area contributed by atoms with Gasteiger partial charge in [-0.25, -0.2) is 0 Å². The van der Waals surface area contributed by atoms with Crippen LogP contribution in [0.4, 0.5) is 0 Å². The molecule has 37 heavy (non-hydrogen) atoms. The lowest BCUT2D eigenvalue weighted by molar-refractivity contribution is -0.206. The van der Waals surface area contributed by atoms with Gasteiger partial charge in [-0.15, -0.1) is 0 Å². The van der Waals surface area contributed by atoms with Crippen LogP contribution in [0.3, 0.4) is 0 Å². The molecule has 190 valence electrons. The number of carbonyl (C=O) groups is 2. The number of nitrogens with zero attached hydrogens (tertiary/aromatic N) is 2. The van der Waals surface area contributed by atoms with Crippen molar-refractivity contribution in [3.63, 3.8) is 0 Å². The standard InChI is InChI=1S/C29H31N5O3/c30-13-20-6-18-8-24(18)34(20)26(35)25(32)28-9-16-5-17(10-28)12-29(11-16,15-28)37-27(36)22(31)7-19-14-33-23-4-2-1-3-21(19)23/h1-4,14,16-17,20,22,25,33H,5-7,9-12,15,31-32H2/t16?,17?,20-,22-,25+,28?,29?/m0/s1. The zero-order chi connectivity index (χ0) is 25.5. The number of aromatic nitrogens is 1. The summed E-state index contributed by atoms with van der Waals surface area (Å²) in [5.41, 5.74) is 18.9. The number of nitriles is 1. The van der Waals surface area contributed by atoms with E-state index in [1.807, 2.05) is 30.5 Å². The number of fused-ring (bicyclic) bond motifs is 2. The zero-order valence-electron chi connectivity index (χ0n) is 20.7. The first-order chi connectivity index (χ1) is 17.8. The third-order valence-electron chi connectivity index (χ3n) is 9.54. The smallest absolute Gasteiger partial charge is 0.323 e. The van der Waals surface area contributed by atoms with Crippen molar-refractivity contribution in [2.24, 2.45) is 28.7 Å². The Morgan fingerprint density at radius 3 is 2.73 bits per heavy atom. The summed E-state index contributed by atoms with van der Waals surface area (Å²) in [4.78, 5) is 31.8. The topological polar surface area (TPSA) is 138 Å². The van der Waals surface area contributed by atoms with E-state index in [9.17, 15) is 14.9 Å². The molecule has 4 saturated carbocycles. The van der Waals surface area contributed by atoms with Gasteiger partial charge >= 0.3 is 5.97 Å². The molecule has 0 spiro atoms. The monoisotopic (exact) mass is 497 g/mol. The van der Waals surface area contributed by atoms with E-state index in [2.05, 4.69) is 16.8 Å². The van der Waals surface area contributed by atoms with E-state index in [0.29, 0.717) is 31.1 Å². The minimum Gasteiger partial charge on any atom is -0.458 e. The number of carbonyl (C=O) groups excluding carboxylic acids is 2. The molecule has 1 aliphatic heterocycles. The molecule has 1 amide bonds. The predicted octanol–water partition coefficient (Wildman–Crippen LogP) is 2.79. The van der Waals surface area contributed by atoms with Gasteiger partial charge in [0.15, 0.2) is 0 Å². The van der Waals surface area contributed by atoms with E-state index >= 15 is 0 Å². The second-order valence-corrected chi connectivity index (χ2v) is 12.1. The molecule has 8 nitrogen and oxygen atoms in total. The van der Waals surface area contributed by atoms with Crippen LogP contribution in [0, 0.1) is 28.6 Å². The summed E-state index contributed by atoms with van der Waals surface area (Å²) in [6, 6.07) is 8.20. The highest BCUT2D eigenvalue weighted by Crippen LogP contribution is 2.64. The maximum Gasteiger partial charge on any atom is 0.323 e. The van der Waals surface area contributed by atoms with Crippen LogP contribution in [0.2, 0.25) is 0 Å². The van der Waals surface area contributed by atoms with Gasteiger partial charge in [0, 0.05) is 35.5 Å². The number of aromatic amines is 1. The van der Waals surface area contributed by atoms with Crippen molar-refractivity contribution in [1.82, 2.24) is 9.88 Å². The van der Waals surface area contributed by atoms with Gasteiger partial charge in [-0.2, -0.15) is 5.26 Å². The average Bonchev–Trinajstić information content (AvgIpc) is 3.35. The van der Waals surface area contributed by atoms with Gasteiger partial charge in [-0.3, -0.25) is 14.5 Å². The van der Waals surface area contributed by atoms with Gasteiger partial charge in [0.25, 0.3) is 0 Å². The molecule has 8 rings (SSSR count). The summed E-state index contributed by atoms with van der Waals surface area (Å²) in [6.07, 6.45) is 7.84. The van der Waals surface area contributed by atoms with Crippen molar-refractivity contribution in [1.29, 1.82) is 5.26 Å². The normalized spacial score (nSPS) is 34.4. The quantitative estimate of drug-likeness (QED) is 0.414. The van der Waals surface area contributed by atoms with E-state index in [1.165, 1.54) is 0 Å². The molecule has 8 heteroatoms. The van der Waals surface area contributed by atoms with Crippen LogP contribution in [-0.4, -0.2) is 45.5 Å². The Morgan fingerprint density at radius 1 is 1.22 bits per heavy atom. The van der Waals surface area contributed by atoms with Crippen LogP contribution in [0.5, 0.6) is 0 Å². The van der Waals surface area contributed by atoms with Crippen LogP contribution in [0.15, 0.2) is 47.5 Å². The minimum atomic E-state index is -0.772. The molecule has 0 radical (unpaired) electrons. The van der Waals surface area contributed by atoms with E-state index in [-0.39, 0.29) is 11.9 Å². The second-order valence-electron chi connectivity index (χ2n) is 12.1. The molecule has 5 aliphatic carbocycles. The van der Waals surface area contributed by atoms with Crippen molar-refractivity contribution >= 4 is 22.8 Å². The summed E-state index contributed by atoms with van der Waals surface area (Å²) in [5.74, 6) is 0.165. The number of likely N-dealkylation sites (tertiary alicyclic amines) is 1. The Morgan fingerprint density at radius 2 is 1.97 bits per heavy atom. The van der Waals surface area contributed by atoms with Crippen molar-refractivity contribution in [3.8, 4) is 6.07 Å². The first-order valence-electron chi connectivity index (χ1n) is 13.3. The van der Waals surface area contributed by atoms with Gasteiger partial charge in [-0.1, -0.05) is 23.9 Å². The van der Waals surface area contributed by atoms with Gasteiger partial charge in [0.1, 0.15) is 17.7 Å². The molecule has 1 aromatic carbocycles. The summed E-state index contributed by atoms with van der Waals surface area (Å²) in [5, 5.41) is 10.6. The molecule has 6 aliphatic rings. The van der Waals surface area contributed by atoms with E-state index in [0.717, 1.165) is 59.8 Å². The largest absolute Gasteiger partial charge is 0.458 e. The molecule has 4 bridgehead atoms. The molecule has 1 aromatic heterocycles. The molecular weight excluding hydrogens is 466 g/mol. The van der Waals surface area contributed by atoms with Crippen molar-refractivity contribution < 1.29 is 14.3 Å². The fourth-order valence-electron chi connectivity index (χ4n) is 8.33. The van der Waals surface area contributed by atoms with E-state index in [1.54, 1.807) is 4.90 Å². The van der Waals surface area contributed by atoms with Gasteiger partial charge in [-0.05, 0) is 67.4 Å². The molecule has 2 aromatic rings. The van der Waals surface area contributed by atoms with Crippen molar-refractivity contribution in [2.75, 3.05) is 0 Å². The zero-order valence-corrected chi connectivity index (χ0v) is 20.7. The van der Waals surface area contributed by atoms with Crippen molar-refractivity contribution in [2.45, 2.75) is 75.1 Å². The van der Waals surface area contributed by atoms with E-state index < -0.39 is 29.1 Å². The summed E-state index contributed by atoms with van der Waals surface area (Å²) >= 11 is 0. The maximum absolute atomic E-state index is 13.6. The lowest BCUT2D eigenvalue weighted by atomic mass is 9.46. The lowest BCUT2D eigenvalue weighted by Gasteiger charge is -2.62. The molecular formula is C29H31N5O3. The fraction of sp³-hybridized carbons (Fsp3) is 0.517. The Labute approximate surface area is 215 Å². The number of hydrogen-bond acceptors (Lipinski definition) is 6. The van der Waals surface area contributed by atoms with Crippen LogP contribution in [-0.2, 0) is 20.7 Å². The SMILES string of the molecule is N#C[C@@H]1CC2=C=C2N1C(=O)[C@@H](N)C12CC3CC(CC(OC(=O)[C@@H](N)Cc4c[nH]c5ccccc45)(C3)C1)C2. The number of H-pyrrole nitrogens is 1. The fourth-order valence-corrected chi connectivity index (χ4v) is 8.33. The molecule has 1 saturated heterocycles. The first kappa shape index (κ1) is 22.8. The highest BCUT2D eigenvalue weighted by Gasteiger charge is 2.63. The Balaban J connectivity index is 1.09. The molecule has 2 unspecified atom stereocenters. The number of benzene rings is 1.